The maximum absolute atomic E-state index is 5.36. The molecule has 1 aliphatic carbocycles. The minimum absolute atomic E-state index is 0.833. The second-order valence-electron chi connectivity index (χ2n) is 6.01. The highest BCUT2D eigenvalue weighted by Crippen LogP contribution is 2.32. The lowest BCUT2D eigenvalue weighted by Gasteiger charge is -2.39. The molecule has 0 radical (unpaired) electrons. The van der Waals surface area contributed by atoms with Crippen molar-refractivity contribution in [3.8, 4) is 0 Å². The molecule has 2 rings (SSSR count). The van der Waals surface area contributed by atoms with Crippen LogP contribution in [0.25, 0.3) is 0 Å². The van der Waals surface area contributed by atoms with E-state index in [-0.39, 0.29) is 0 Å². The molecule has 2 nitrogen and oxygen atoms in total. The van der Waals surface area contributed by atoms with Gasteiger partial charge in [0.1, 0.15) is 5.76 Å². The molecule has 3 heteroatoms. The van der Waals surface area contributed by atoms with Crippen LogP contribution in [0.4, 0.5) is 0 Å². The normalized spacial score (nSPS) is 30.6. The van der Waals surface area contributed by atoms with Crippen molar-refractivity contribution in [2.75, 3.05) is 13.1 Å². The fraction of sp³-hybridized carbons (Fsp3) is 0.867. The SMILES string of the molecule is CCCC1CCC(N2CCC(OP)=C(C)C2)CC1. The Bertz CT molecular complexity index is 295. The van der Waals surface area contributed by atoms with E-state index in [0.717, 1.165) is 24.9 Å². The van der Waals surface area contributed by atoms with E-state index in [4.69, 9.17) is 4.52 Å². The third kappa shape index (κ3) is 3.48. The summed E-state index contributed by atoms with van der Waals surface area (Å²) in [5, 5.41) is 0. The molecule has 0 aromatic rings. The molecular formula is C15H28NOP. The van der Waals surface area contributed by atoms with Crippen molar-refractivity contribution in [2.45, 2.75) is 64.8 Å². The number of nitrogens with zero attached hydrogens (tertiary/aromatic N) is 1. The van der Waals surface area contributed by atoms with Gasteiger partial charge in [-0.2, -0.15) is 0 Å². The first-order valence-electron chi connectivity index (χ1n) is 7.54. The second kappa shape index (κ2) is 6.91. The van der Waals surface area contributed by atoms with Gasteiger partial charge in [0.05, 0.1) is 9.47 Å². The fourth-order valence-electron chi connectivity index (χ4n) is 3.61. The van der Waals surface area contributed by atoms with Crippen molar-refractivity contribution in [3.63, 3.8) is 0 Å². The summed E-state index contributed by atoms with van der Waals surface area (Å²) in [5.41, 5.74) is 1.42. The molecule has 1 atom stereocenters. The Balaban J connectivity index is 1.83. The third-order valence-corrected chi connectivity index (χ3v) is 5.00. The smallest absolute Gasteiger partial charge is 0.101 e. The minimum atomic E-state index is 0.833. The van der Waals surface area contributed by atoms with Crippen molar-refractivity contribution < 1.29 is 4.52 Å². The van der Waals surface area contributed by atoms with Crippen molar-refractivity contribution >= 4 is 9.47 Å². The van der Waals surface area contributed by atoms with Gasteiger partial charge in [0.15, 0.2) is 0 Å². The molecule has 2 aliphatic rings. The lowest BCUT2D eigenvalue weighted by Crippen LogP contribution is -2.42. The minimum Gasteiger partial charge on any atom is -0.485 e. The highest BCUT2D eigenvalue weighted by atomic mass is 31.0. The largest absolute Gasteiger partial charge is 0.485 e. The van der Waals surface area contributed by atoms with Gasteiger partial charge in [0.2, 0.25) is 0 Å². The summed E-state index contributed by atoms with van der Waals surface area (Å²) in [6.45, 7) is 6.83. The molecule has 0 spiro atoms. The molecule has 0 saturated heterocycles. The Kier molecular flexibility index (Phi) is 5.51. The monoisotopic (exact) mass is 269 g/mol. The predicted molar refractivity (Wildman–Crippen MR) is 80.3 cm³/mol. The maximum atomic E-state index is 5.36. The Morgan fingerprint density at radius 2 is 2.00 bits per heavy atom. The molecule has 104 valence electrons. The van der Waals surface area contributed by atoms with Crippen LogP contribution in [0.2, 0.25) is 0 Å². The summed E-state index contributed by atoms with van der Waals surface area (Å²) < 4.78 is 5.36. The van der Waals surface area contributed by atoms with Gasteiger partial charge < -0.3 is 4.52 Å². The number of hydrogen-bond donors (Lipinski definition) is 0. The summed E-state index contributed by atoms with van der Waals surface area (Å²) in [5.74, 6) is 2.20. The zero-order valence-corrected chi connectivity index (χ0v) is 13.1. The van der Waals surface area contributed by atoms with Crippen molar-refractivity contribution in [3.05, 3.63) is 11.3 Å². The van der Waals surface area contributed by atoms with E-state index in [2.05, 4.69) is 28.2 Å². The molecule has 0 amide bonds. The lowest BCUT2D eigenvalue weighted by atomic mass is 9.82. The highest BCUT2D eigenvalue weighted by molar-refractivity contribution is 7.10. The van der Waals surface area contributed by atoms with Gasteiger partial charge in [0.25, 0.3) is 0 Å². The van der Waals surface area contributed by atoms with Crippen molar-refractivity contribution in [1.29, 1.82) is 0 Å². The van der Waals surface area contributed by atoms with Crippen molar-refractivity contribution in [1.82, 2.24) is 4.90 Å². The average molecular weight is 269 g/mol. The van der Waals surface area contributed by atoms with Crippen molar-refractivity contribution in [2.24, 2.45) is 5.92 Å². The maximum Gasteiger partial charge on any atom is 0.101 e. The van der Waals surface area contributed by atoms with Crippen LogP contribution in [0, 0.1) is 5.92 Å². The van der Waals surface area contributed by atoms with Gasteiger partial charge in [-0.05, 0) is 44.1 Å². The number of hydrogen-bond acceptors (Lipinski definition) is 2. The van der Waals surface area contributed by atoms with Crippen LogP contribution in [0.15, 0.2) is 11.3 Å². The fourth-order valence-corrected chi connectivity index (χ4v) is 3.93. The van der Waals surface area contributed by atoms with E-state index in [1.807, 2.05) is 0 Å². The van der Waals surface area contributed by atoms with Gasteiger partial charge in [-0.1, -0.05) is 19.8 Å². The quantitative estimate of drug-likeness (QED) is 0.711. The van der Waals surface area contributed by atoms with E-state index in [9.17, 15) is 0 Å². The van der Waals surface area contributed by atoms with Gasteiger partial charge in [0, 0.05) is 25.6 Å². The van der Waals surface area contributed by atoms with Crippen LogP contribution < -0.4 is 0 Å². The van der Waals surface area contributed by atoms with Gasteiger partial charge in [-0.3, -0.25) is 4.90 Å². The standard InChI is InChI=1S/C15H28NOP/c1-3-4-13-5-7-14(8-6-13)16-10-9-15(17-18)12(2)11-16/h13-14H,3-11,18H2,1-2H3. The van der Waals surface area contributed by atoms with Crippen LogP contribution in [0.3, 0.4) is 0 Å². The molecule has 0 aromatic heterocycles. The molecule has 1 unspecified atom stereocenters. The Morgan fingerprint density at radius 3 is 2.56 bits per heavy atom. The zero-order chi connectivity index (χ0) is 13.0. The first-order valence-corrected chi connectivity index (χ1v) is 8.01. The van der Waals surface area contributed by atoms with Crippen LogP contribution >= 0.6 is 9.47 Å². The Morgan fingerprint density at radius 1 is 1.28 bits per heavy atom. The first-order chi connectivity index (χ1) is 8.74. The van der Waals surface area contributed by atoms with E-state index < -0.39 is 0 Å². The molecule has 0 N–H and O–H groups in total. The van der Waals surface area contributed by atoms with E-state index in [1.54, 1.807) is 0 Å². The molecule has 18 heavy (non-hydrogen) atoms. The molecule has 0 aromatic carbocycles. The highest BCUT2D eigenvalue weighted by Gasteiger charge is 2.28. The predicted octanol–water partition coefficient (Wildman–Crippen LogP) is 4.13. The van der Waals surface area contributed by atoms with Gasteiger partial charge >= 0.3 is 0 Å². The molecular weight excluding hydrogens is 241 g/mol. The molecule has 1 fully saturated rings. The topological polar surface area (TPSA) is 12.5 Å². The first kappa shape index (κ1) is 14.3. The second-order valence-corrected chi connectivity index (χ2v) is 6.24. The lowest BCUT2D eigenvalue weighted by molar-refractivity contribution is 0.132. The Labute approximate surface area is 114 Å². The van der Waals surface area contributed by atoms with Crippen LogP contribution in [0.1, 0.15) is 58.8 Å². The van der Waals surface area contributed by atoms with E-state index >= 15 is 0 Å². The van der Waals surface area contributed by atoms with E-state index in [0.29, 0.717) is 0 Å². The zero-order valence-electron chi connectivity index (χ0n) is 12.0. The van der Waals surface area contributed by atoms with Crippen LogP contribution in [-0.2, 0) is 4.52 Å². The van der Waals surface area contributed by atoms with Gasteiger partial charge in [-0.25, -0.2) is 0 Å². The van der Waals surface area contributed by atoms with Crippen LogP contribution in [-0.4, -0.2) is 24.0 Å². The molecule has 0 bridgehead atoms. The van der Waals surface area contributed by atoms with E-state index in [1.165, 1.54) is 56.4 Å². The summed E-state index contributed by atoms with van der Waals surface area (Å²) in [4.78, 5) is 2.69. The molecule has 1 aliphatic heterocycles. The summed E-state index contributed by atoms with van der Waals surface area (Å²) in [6.07, 6.45) is 9.61. The summed E-state index contributed by atoms with van der Waals surface area (Å²) in [6, 6.07) is 0.833. The Hall–Kier alpha value is -0.0700. The number of rotatable bonds is 4. The molecule has 1 saturated carbocycles. The average Bonchev–Trinajstić information content (AvgIpc) is 2.40. The van der Waals surface area contributed by atoms with Crippen LogP contribution in [0.5, 0.6) is 0 Å². The third-order valence-electron chi connectivity index (χ3n) is 4.71. The molecule has 1 heterocycles. The summed E-state index contributed by atoms with van der Waals surface area (Å²) in [7, 11) is 2.39. The van der Waals surface area contributed by atoms with Gasteiger partial charge in [-0.15, -0.1) is 0 Å². The summed E-state index contributed by atoms with van der Waals surface area (Å²) >= 11 is 0.